The zero-order chi connectivity index (χ0) is 19.2. The molecule has 7 heteroatoms. The monoisotopic (exact) mass is 388 g/mol. The topological polar surface area (TPSA) is 76.7 Å². The summed E-state index contributed by atoms with van der Waals surface area (Å²) in [6.45, 7) is 4.63. The van der Waals surface area contributed by atoms with E-state index in [0.29, 0.717) is 29.5 Å². The quantitative estimate of drug-likeness (QED) is 0.672. The maximum Gasteiger partial charge on any atom is 0.341 e. The van der Waals surface area contributed by atoms with Gasteiger partial charge in [0.15, 0.2) is 0 Å². The van der Waals surface area contributed by atoms with E-state index in [-0.39, 0.29) is 18.4 Å². The maximum absolute atomic E-state index is 12.5. The molecular weight excluding hydrogens is 364 g/mol. The van der Waals surface area contributed by atoms with Crippen LogP contribution in [0.25, 0.3) is 0 Å². The number of anilines is 2. The second kappa shape index (κ2) is 8.90. The molecule has 1 heterocycles. The van der Waals surface area contributed by atoms with E-state index < -0.39 is 0 Å². The van der Waals surface area contributed by atoms with Crippen molar-refractivity contribution >= 4 is 33.9 Å². The van der Waals surface area contributed by atoms with Gasteiger partial charge in [-0.15, -0.1) is 11.3 Å². The van der Waals surface area contributed by atoms with Gasteiger partial charge in [0.25, 0.3) is 0 Å². The summed E-state index contributed by atoms with van der Waals surface area (Å²) in [5, 5.41) is 6.56. The molecule has 0 aliphatic heterocycles. The molecule has 0 saturated carbocycles. The highest BCUT2D eigenvalue weighted by Gasteiger charge is 2.28. The first kappa shape index (κ1) is 19.2. The highest BCUT2D eigenvalue weighted by atomic mass is 32.1. The van der Waals surface area contributed by atoms with Gasteiger partial charge < -0.3 is 20.1 Å². The molecule has 27 heavy (non-hydrogen) atoms. The Morgan fingerprint density at radius 1 is 1.15 bits per heavy atom. The molecule has 0 radical (unpaired) electrons. The lowest BCUT2D eigenvalue weighted by atomic mass is 10.1. The normalized spacial score (nSPS) is 12.4. The summed E-state index contributed by atoms with van der Waals surface area (Å²) in [4.78, 5) is 26.0. The number of rotatable bonds is 8. The average Bonchev–Trinajstić information content (AvgIpc) is 3.22. The number of carbonyl (C=O) groups excluding carboxylic acids is 2. The third-order valence-corrected chi connectivity index (χ3v) is 5.49. The van der Waals surface area contributed by atoms with Crippen LogP contribution in [0, 0.1) is 0 Å². The van der Waals surface area contributed by atoms with Gasteiger partial charge in [0, 0.05) is 4.88 Å². The number of esters is 1. The molecule has 0 bridgehead atoms. The van der Waals surface area contributed by atoms with Crippen molar-refractivity contribution in [2.24, 2.45) is 0 Å². The maximum atomic E-state index is 12.5. The van der Waals surface area contributed by atoms with Crippen LogP contribution in [0.5, 0.6) is 5.75 Å². The number of amides is 1. The number of fused-ring (bicyclic) bond motifs is 1. The molecule has 1 aliphatic carbocycles. The van der Waals surface area contributed by atoms with Gasteiger partial charge in [0.1, 0.15) is 10.8 Å². The molecule has 6 nitrogen and oxygen atoms in total. The van der Waals surface area contributed by atoms with Crippen LogP contribution >= 0.6 is 11.3 Å². The zero-order valence-electron chi connectivity index (χ0n) is 15.6. The van der Waals surface area contributed by atoms with Crippen LogP contribution in [-0.2, 0) is 22.4 Å². The molecule has 144 valence electrons. The van der Waals surface area contributed by atoms with E-state index in [2.05, 4.69) is 10.6 Å². The van der Waals surface area contributed by atoms with Crippen molar-refractivity contribution in [2.45, 2.75) is 33.1 Å². The van der Waals surface area contributed by atoms with Gasteiger partial charge in [-0.2, -0.15) is 0 Å². The van der Waals surface area contributed by atoms with Crippen molar-refractivity contribution in [3.63, 3.8) is 0 Å². The summed E-state index contributed by atoms with van der Waals surface area (Å²) in [5.74, 6) is 0.128. The SMILES string of the molecule is CCOC(=O)c1c(NC(=O)CNc2ccccc2OCC)sc2c1CCC2. The number of hydrogen-bond donors (Lipinski definition) is 2. The molecule has 0 spiro atoms. The fraction of sp³-hybridized carbons (Fsp3) is 0.400. The third-order valence-electron chi connectivity index (χ3n) is 4.28. The second-order valence-electron chi connectivity index (χ2n) is 6.11. The average molecular weight is 388 g/mol. The van der Waals surface area contributed by atoms with E-state index in [1.165, 1.54) is 16.2 Å². The first-order valence-corrected chi connectivity index (χ1v) is 10.0. The van der Waals surface area contributed by atoms with Crippen LogP contribution in [0.4, 0.5) is 10.7 Å². The number of aryl methyl sites for hydroxylation is 1. The standard InChI is InChI=1S/C20H24N2O4S/c1-3-25-15-10-6-5-9-14(15)21-12-17(23)22-19-18(20(24)26-4-2)13-8-7-11-16(13)27-19/h5-6,9-10,21H,3-4,7-8,11-12H2,1-2H3,(H,22,23). The Balaban J connectivity index is 1.69. The van der Waals surface area contributed by atoms with E-state index in [4.69, 9.17) is 9.47 Å². The van der Waals surface area contributed by atoms with Crippen LogP contribution in [0.2, 0.25) is 0 Å². The minimum Gasteiger partial charge on any atom is -0.492 e. The first-order chi connectivity index (χ1) is 13.1. The summed E-state index contributed by atoms with van der Waals surface area (Å²) < 4.78 is 10.7. The number of ether oxygens (including phenoxy) is 2. The number of para-hydroxylation sites is 2. The van der Waals surface area contributed by atoms with Crippen LogP contribution in [-0.4, -0.2) is 31.6 Å². The zero-order valence-corrected chi connectivity index (χ0v) is 16.4. The Morgan fingerprint density at radius 2 is 1.96 bits per heavy atom. The first-order valence-electron chi connectivity index (χ1n) is 9.21. The number of thiophene rings is 1. The molecule has 1 amide bonds. The molecule has 0 saturated heterocycles. The van der Waals surface area contributed by atoms with Crippen molar-refractivity contribution in [3.05, 3.63) is 40.3 Å². The number of hydrogen-bond acceptors (Lipinski definition) is 6. The molecule has 1 aliphatic rings. The summed E-state index contributed by atoms with van der Waals surface area (Å²) in [5.41, 5.74) is 2.31. The lowest BCUT2D eigenvalue weighted by molar-refractivity contribution is -0.114. The Morgan fingerprint density at radius 3 is 2.74 bits per heavy atom. The van der Waals surface area contributed by atoms with Gasteiger partial charge >= 0.3 is 5.97 Å². The van der Waals surface area contributed by atoms with Crippen LogP contribution < -0.4 is 15.4 Å². The minimum atomic E-state index is -0.359. The summed E-state index contributed by atoms with van der Waals surface area (Å²) in [7, 11) is 0. The van der Waals surface area contributed by atoms with E-state index in [9.17, 15) is 9.59 Å². The predicted molar refractivity (Wildman–Crippen MR) is 107 cm³/mol. The number of nitrogens with one attached hydrogen (secondary N) is 2. The van der Waals surface area contributed by atoms with Gasteiger partial charge in [-0.05, 0) is 50.8 Å². The predicted octanol–water partition coefficient (Wildman–Crippen LogP) is 3.86. The summed E-state index contributed by atoms with van der Waals surface area (Å²) in [6, 6.07) is 7.48. The van der Waals surface area contributed by atoms with Crippen molar-refractivity contribution in [2.75, 3.05) is 30.4 Å². The van der Waals surface area contributed by atoms with Crippen molar-refractivity contribution in [3.8, 4) is 5.75 Å². The largest absolute Gasteiger partial charge is 0.492 e. The molecule has 0 atom stereocenters. The van der Waals surface area contributed by atoms with Gasteiger partial charge in [0.05, 0.1) is 31.0 Å². The molecule has 1 aromatic carbocycles. The van der Waals surface area contributed by atoms with Gasteiger partial charge in [-0.3, -0.25) is 4.79 Å². The Hall–Kier alpha value is -2.54. The lowest BCUT2D eigenvalue weighted by Gasteiger charge is -2.12. The second-order valence-corrected chi connectivity index (χ2v) is 7.22. The lowest BCUT2D eigenvalue weighted by Crippen LogP contribution is -2.23. The molecular formula is C20H24N2O4S. The molecule has 0 fully saturated rings. The van der Waals surface area contributed by atoms with Gasteiger partial charge in [-0.25, -0.2) is 4.79 Å². The van der Waals surface area contributed by atoms with Crippen molar-refractivity contribution in [1.82, 2.24) is 0 Å². The fourth-order valence-corrected chi connectivity index (χ4v) is 4.45. The molecule has 3 rings (SSSR count). The van der Waals surface area contributed by atoms with Crippen LogP contribution in [0.15, 0.2) is 24.3 Å². The highest BCUT2D eigenvalue weighted by molar-refractivity contribution is 7.17. The van der Waals surface area contributed by atoms with Crippen molar-refractivity contribution < 1.29 is 19.1 Å². The van der Waals surface area contributed by atoms with Crippen LogP contribution in [0.1, 0.15) is 41.1 Å². The van der Waals surface area contributed by atoms with Crippen LogP contribution in [0.3, 0.4) is 0 Å². The van der Waals surface area contributed by atoms with E-state index >= 15 is 0 Å². The Bertz CT molecular complexity index is 831. The van der Waals surface area contributed by atoms with Gasteiger partial charge in [0.2, 0.25) is 5.91 Å². The highest BCUT2D eigenvalue weighted by Crippen LogP contribution is 2.39. The van der Waals surface area contributed by atoms with E-state index in [1.807, 2.05) is 31.2 Å². The summed E-state index contributed by atoms with van der Waals surface area (Å²) in [6.07, 6.45) is 2.84. The van der Waals surface area contributed by atoms with E-state index in [0.717, 1.165) is 30.5 Å². The van der Waals surface area contributed by atoms with E-state index in [1.54, 1.807) is 6.92 Å². The molecule has 1 aromatic heterocycles. The molecule has 2 aromatic rings. The number of benzene rings is 1. The Kier molecular flexibility index (Phi) is 6.34. The molecule has 2 N–H and O–H groups in total. The fourth-order valence-electron chi connectivity index (χ4n) is 3.15. The van der Waals surface area contributed by atoms with Crippen molar-refractivity contribution in [1.29, 1.82) is 0 Å². The van der Waals surface area contributed by atoms with Gasteiger partial charge in [-0.1, -0.05) is 12.1 Å². The minimum absolute atomic E-state index is 0.0783. The number of carbonyl (C=O) groups is 2. The summed E-state index contributed by atoms with van der Waals surface area (Å²) >= 11 is 1.48. The molecule has 0 unspecified atom stereocenters. The third kappa shape index (κ3) is 4.42. The Labute approximate surface area is 162 Å². The smallest absolute Gasteiger partial charge is 0.341 e.